The first-order valence-electron chi connectivity index (χ1n) is 18.9. The van der Waals surface area contributed by atoms with Crippen LogP contribution in [0, 0.1) is 0 Å². The molecular weight excluding hydrogens is 661 g/mol. The number of fused-ring (bicyclic) bond motifs is 11. The van der Waals surface area contributed by atoms with Gasteiger partial charge in [0.15, 0.2) is 0 Å². The van der Waals surface area contributed by atoms with Crippen molar-refractivity contribution in [3.63, 3.8) is 0 Å². The number of para-hydroxylation sites is 2. The summed E-state index contributed by atoms with van der Waals surface area (Å²) in [4.78, 5) is 0. The Morgan fingerprint density at radius 2 is 1.15 bits per heavy atom. The van der Waals surface area contributed by atoms with E-state index in [4.69, 9.17) is 0 Å². The molecule has 0 saturated heterocycles. The van der Waals surface area contributed by atoms with Gasteiger partial charge in [0.25, 0.3) is 0 Å². The molecule has 1 aliphatic carbocycles. The number of hydrogen-bond donors (Lipinski definition) is 0. The third kappa shape index (κ3) is 4.38. The number of thiophene rings is 1. The Morgan fingerprint density at radius 1 is 0.472 bits per heavy atom. The summed E-state index contributed by atoms with van der Waals surface area (Å²) in [5.74, 6) is 0. The van der Waals surface area contributed by atoms with E-state index >= 15 is 0 Å². The van der Waals surface area contributed by atoms with Crippen LogP contribution in [0.5, 0.6) is 0 Å². The Balaban J connectivity index is 1.28. The first kappa shape index (κ1) is 30.9. The van der Waals surface area contributed by atoms with Crippen LogP contribution in [0.2, 0.25) is 0 Å². The van der Waals surface area contributed by atoms with Crippen molar-refractivity contribution < 1.29 is 0 Å². The second-order valence-corrected chi connectivity index (χ2v) is 17.4. The van der Waals surface area contributed by atoms with Gasteiger partial charge >= 0.3 is 0 Å². The molecule has 0 atom stereocenters. The maximum Gasteiger partial charge on any atom is 0.0641 e. The molecule has 3 heteroatoms. The zero-order valence-electron chi connectivity index (χ0n) is 30.6. The van der Waals surface area contributed by atoms with Crippen molar-refractivity contribution in [3.8, 4) is 22.5 Å². The van der Waals surface area contributed by atoms with Crippen molar-refractivity contribution in [2.75, 3.05) is 0 Å². The molecule has 1 aliphatic rings. The van der Waals surface area contributed by atoms with Gasteiger partial charge in [0.05, 0.1) is 22.1 Å². The molecule has 0 radical (unpaired) electrons. The van der Waals surface area contributed by atoms with Crippen LogP contribution in [-0.4, -0.2) is 9.13 Å². The first-order chi connectivity index (χ1) is 25.8. The van der Waals surface area contributed by atoms with Gasteiger partial charge in [-0.1, -0.05) is 119 Å². The third-order valence-corrected chi connectivity index (χ3v) is 13.6. The fourth-order valence-corrected chi connectivity index (χ4v) is 10.8. The Hall–Kier alpha value is -5.64. The van der Waals surface area contributed by atoms with Crippen LogP contribution in [0.3, 0.4) is 0 Å². The fraction of sp³-hybridized carbons (Fsp3) is 0.160. The molecular formula is C50H40N2S. The van der Waals surface area contributed by atoms with Gasteiger partial charge in [-0.15, -0.1) is 11.3 Å². The molecule has 3 heterocycles. The largest absolute Gasteiger partial charge is 0.309 e. The SMILES string of the molecule is CC1(C)CCC(C)(C)c2cc3c(cc21)c1c(ccc2c4ccccc4n(-c4ccccc4)c21)n3-c1cccc(-c2cccc3c2sc2ccccc23)c1. The van der Waals surface area contributed by atoms with Crippen LogP contribution >= 0.6 is 11.3 Å². The highest BCUT2D eigenvalue weighted by Crippen LogP contribution is 2.50. The Bertz CT molecular complexity index is 3110. The molecule has 256 valence electrons. The smallest absolute Gasteiger partial charge is 0.0641 e. The Kier molecular flexibility index (Phi) is 6.39. The van der Waals surface area contributed by atoms with Gasteiger partial charge in [-0.25, -0.2) is 0 Å². The number of rotatable bonds is 3. The van der Waals surface area contributed by atoms with Crippen molar-refractivity contribution in [1.82, 2.24) is 9.13 Å². The summed E-state index contributed by atoms with van der Waals surface area (Å²) in [7, 11) is 0. The van der Waals surface area contributed by atoms with Crippen LogP contribution in [0.25, 0.3) is 86.3 Å². The van der Waals surface area contributed by atoms with Crippen LogP contribution < -0.4 is 0 Å². The summed E-state index contributed by atoms with van der Waals surface area (Å²) >= 11 is 1.90. The third-order valence-electron chi connectivity index (χ3n) is 12.4. The highest BCUT2D eigenvalue weighted by atomic mass is 32.1. The van der Waals surface area contributed by atoms with Crippen molar-refractivity contribution in [3.05, 3.63) is 157 Å². The van der Waals surface area contributed by atoms with E-state index in [-0.39, 0.29) is 10.8 Å². The predicted octanol–water partition coefficient (Wildman–Crippen LogP) is 14.3. The molecule has 2 nitrogen and oxygen atoms in total. The van der Waals surface area contributed by atoms with Gasteiger partial charge in [0, 0.05) is 53.1 Å². The molecule has 0 bridgehead atoms. The van der Waals surface area contributed by atoms with E-state index < -0.39 is 0 Å². The van der Waals surface area contributed by atoms with Crippen LogP contribution in [0.1, 0.15) is 51.7 Å². The van der Waals surface area contributed by atoms with Gasteiger partial charge in [-0.3, -0.25) is 0 Å². The molecule has 11 rings (SSSR count). The molecule has 10 aromatic rings. The van der Waals surface area contributed by atoms with E-state index in [1.807, 2.05) is 11.3 Å². The zero-order chi connectivity index (χ0) is 35.6. The molecule has 0 saturated carbocycles. The molecule has 0 aliphatic heterocycles. The van der Waals surface area contributed by atoms with E-state index in [1.165, 1.54) is 110 Å². The lowest BCUT2D eigenvalue weighted by atomic mass is 9.63. The summed E-state index contributed by atoms with van der Waals surface area (Å²) in [6.45, 7) is 9.77. The second-order valence-electron chi connectivity index (χ2n) is 16.4. The van der Waals surface area contributed by atoms with Crippen molar-refractivity contribution in [1.29, 1.82) is 0 Å². The van der Waals surface area contributed by atoms with E-state index in [0.717, 1.165) is 0 Å². The molecule has 0 spiro atoms. The molecule has 0 amide bonds. The molecule has 3 aromatic heterocycles. The average molecular weight is 701 g/mol. The predicted molar refractivity (Wildman–Crippen MR) is 229 cm³/mol. The molecule has 0 fully saturated rings. The average Bonchev–Trinajstić information content (AvgIpc) is 3.84. The number of aromatic nitrogens is 2. The minimum absolute atomic E-state index is 0.0905. The lowest BCUT2D eigenvalue weighted by Crippen LogP contribution is -2.33. The summed E-state index contributed by atoms with van der Waals surface area (Å²) in [6.07, 6.45) is 2.36. The van der Waals surface area contributed by atoms with E-state index in [0.29, 0.717) is 0 Å². The summed E-state index contributed by atoms with van der Waals surface area (Å²) < 4.78 is 7.75. The molecule has 0 unspecified atom stereocenters. The van der Waals surface area contributed by atoms with Gasteiger partial charge < -0.3 is 9.13 Å². The number of hydrogen-bond acceptors (Lipinski definition) is 1. The lowest BCUT2D eigenvalue weighted by molar-refractivity contribution is 0.332. The number of benzene rings is 7. The first-order valence-corrected chi connectivity index (χ1v) is 19.7. The van der Waals surface area contributed by atoms with Crippen molar-refractivity contribution in [2.24, 2.45) is 0 Å². The minimum Gasteiger partial charge on any atom is -0.309 e. The van der Waals surface area contributed by atoms with Crippen molar-refractivity contribution >= 4 is 75.1 Å². The summed E-state index contributed by atoms with van der Waals surface area (Å²) in [6, 6.07) is 54.6. The van der Waals surface area contributed by atoms with Gasteiger partial charge in [-0.2, -0.15) is 0 Å². The molecule has 53 heavy (non-hydrogen) atoms. The standard InChI is InChI=1S/C50H40N2S/c1-49(2)26-27-50(3,4)41-30-44-39(29-40(41)49)46-43(25-24-37-35-18-8-10-22-42(35)52(47(37)46)32-15-6-5-7-16-32)51(44)33-17-12-14-31(28-33)34-20-13-21-38-36-19-9-11-23-45(36)53-48(34)38/h5-25,28-30H,26-27H2,1-4H3. The second kappa shape index (κ2) is 10.9. The normalized spacial score (nSPS) is 15.3. The number of nitrogens with zero attached hydrogens (tertiary/aromatic N) is 2. The van der Waals surface area contributed by atoms with E-state index in [9.17, 15) is 0 Å². The Labute approximate surface area is 313 Å². The quantitative estimate of drug-likeness (QED) is 0.174. The summed E-state index contributed by atoms with van der Waals surface area (Å²) in [5, 5.41) is 7.88. The van der Waals surface area contributed by atoms with E-state index in [1.54, 1.807) is 0 Å². The van der Waals surface area contributed by atoms with Gasteiger partial charge in [0.2, 0.25) is 0 Å². The van der Waals surface area contributed by atoms with E-state index in [2.05, 4.69) is 182 Å². The van der Waals surface area contributed by atoms with Crippen LogP contribution in [-0.2, 0) is 10.8 Å². The van der Waals surface area contributed by atoms with Crippen LogP contribution in [0.4, 0.5) is 0 Å². The highest BCUT2D eigenvalue weighted by molar-refractivity contribution is 7.26. The maximum absolute atomic E-state index is 2.58. The molecule has 0 N–H and O–H groups in total. The fourth-order valence-electron chi connectivity index (χ4n) is 9.53. The highest BCUT2D eigenvalue weighted by Gasteiger charge is 2.38. The molecule has 7 aromatic carbocycles. The van der Waals surface area contributed by atoms with Crippen molar-refractivity contribution in [2.45, 2.75) is 51.4 Å². The van der Waals surface area contributed by atoms with Gasteiger partial charge in [-0.05, 0) is 101 Å². The van der Waals surface area contributed by atoms with Crippen LogP contribution in [0.15, 0.2) is 146 Å². The lowest BCUT2D eigenvalue weighted by Gasteiger charge is -2.42. The monoisotopic (exact) mass is 700 g/mol. The van der Waals surface area contributed by atoms with Gasteiger partial charge in [0.1, 0.15) is 0 Å². The maximum atomic E-state index is 2.58. The Morgan fingerprint density at radius 3 is 1.98 bits per heavy atom. The zero-order valence-corrected chi connectivity index (χ0v) is 31.4. The topological polar surface area (TPSA) is 9.86 Å². The minimum atomic E-state index is 0.0905. The summed E-state index contributed by atoms with van der Waals surface area (Å²) in [5.41, 5.74) is 13.1.